The van der Waals surface area contributed by atoms with Crippen molar-refractivity contribution in [3.8, 4) is 16.9 Å². The minimum Gasteiger partial charge on any atom is -0.298 e. The number of hydrogen-bond acceptors (Lipinski definition) is 4. The fourth-order valence-corrected chi connectivity index (χ4v) is 4.00. The number of benzene rings is 2. The van der Waals surface area contributed by atoms with Crippen LogP contribution < -0.4 is 5.32 Å². The number of aryl methyl sites for hydroxylation is 1. The van der Waals surface area contributed by atoms with Gasteiger partial charge in [-0.15, -0.1) is 11.3 Å². The number of carbonyl (C=O) groups is 1. The Labute approximate surface area is 184 Å². The average molecular weight is 463 g/mol. The Kier molecular flexibility index (Phi) is 5.55. The van der Waals surface area contributed by atoms with Gasteiger partial charge in [-0.2, -0.15) is 18.3 Å². The Morgan fingerprint density at radius 3 is 2.42 bits per heavy atom. The zero-order valence-corrected chi connectivity index (χ0v) is 17.5. The Morgan fingerprint density at radius 2 is 1.77 bits per heavy atom. The summed E-state index contributed by atoms with van der Waals surface area (Å²) in [5.41, 5.74) is -0.136. The number of alkyl halides is 3. The van der Waals surface area contributed by atoms with Crippen LogP contribution >= 0.6 is 22.9 Å². The first-order chi connectivity index (χ1) is 14.7. The molecule has 0 atom stereocenters. The lowest BCUT2D eigenvalue weighted by Gasteiger charge is -2.12. The summed E-state index contributed by atoms with van der Waals surface area (Å²) in [6, 6.07) is 14.8. The maximum absolute atomic E-state index is 13.8. The third-order valence-corrected chi connectivity index (χ3v) is 5.56. The van der Waals surface area contributed by atoms with Crippen molar-refractivity contribution in [2.24, 2.45) is 0 Å². The molecule has 0 radical (unpaired) electrons. The predicted octanol–water partition coefficient (Wildman–Crippen LogP) is 6.23. The van der Waals surface area contributed by atoms with Crippen LogP contribution in [0.15, 0.2) is 60.8 Å². The Balaban J connectivity index is 1.66. The molecule has 0 spiro atoms. The topological polar surface area (TPSA) is 59.8 Å². The highest BCUT2D eigenvalue weighted by atomic mass is 35.5. The van der Waals surface area contributed by atoms with Crippen molar-refractivity contribution in [1.29, 1.82) is 0 Å². The standard InChI is InChI=1S/C21H14ClF3N4OS/c1-12-17(13-7-9-14(22)10-8-13)27-20(31-12)28-19(30)16-11-26-29(18(16)21(23,24)25)15-5-3-2-4-6-15/h2-11H,1H3,(H,27,28,30). The summed E-state index contributed by atoms with van der Waals surface area (Å²) in [4.78, 5) is 17.9. The number of halogens is 4. The zero-order chi connectivity index (χ0) is 22.2. The molecule has 2 heterocycles. The summed E-state index contributed by atoms with van der Waals surface area (Å²) >= 11 is 7.07. The van der Waals surface area contributed by atoms with Gasteiger partial charge in [0.05, 0.1) is 23.1 Å². The fourth-order valence-electron chi connectivity index (χ4n) is 3.04. The maximum Gasteiger partial charge on any atom is 0.434 e. The molecule has 1 amide bonds. The van der Waals surface area contributed by atoms with Gasteiger partial charge >= 0.3 is 6.18 Å². The highest BCUT2D eigenvalue weighted by Crippen LogP contribution is 2.35. The number of para-hydroxylation sites is 1. The molecule has 0 fully saturated rings. The van der Waals surface area contributed by atoms with E-state index in [4.69, 9.17) is 11.6 Å². The van der Waals surface area contributed by atoms with Gasteiger partial charge in [0.15, 0.2) is 10.8 Å². The number of thiazole rings is 1. The molecule has 5 nitrogen and oxygen atoms in total. The molecule has 4 aromatic rings. The van der Waals surface area contributed by atoms with E-state index < -0.39 is 23.3 Å². The Morgan fingerprint density at radius 1 is 1.10 bits per heavy atom. The number of anilines is 1. The minimum absolute atomic E-state index is 0.188. The third-order valence-electron chi connectivity index (χ3n) is 4.42. The van der Waals surface area contributed by atoms with Crippen LogP contribution in [-0.4, -0.2) is 20.7 Å². The van der Waals surface area contributed by atoms with Crippen molar-refractivity contribution in [2.75, 3.05) is 5.32 Å². The predicted molar refractivity (Wildman–Crippen MR) is 114 cm³/mol. The summed E-state index contributed by atoms with van der Waals surface area (Å²) in [6.07, 6.45) is -3.88. The van der Waals surface area contributed by atoms with Crippen molar-refractivity contribution in [3.63, 3.8) is 0 Å². The molecule has 158 valence electrons. The van der Waals surface area contributed by atoms with Crippen LogP contribution in [0.3, 0.4) is 0 Å². The SMILES string of the molecule is Cc1sc(NC(=O)c2cnn(-c3ccccc3)c2C(F)(F)F)nc1-c1ccc(Cl)cc1. The number of nitrogens with zero attached hydrogens (tertiary/aromatic N) is 3. The van der Waals surface area contributed by atoms with Gasteiger partial charge in [0.25, 0.3) is 5.91 Å². The molecule has 0 unspecified atom stereocenters. The molecule has 0 aliphatic carbocycles. The van der Waals surface area contributed by atoms with Crippen LogP contribution in [-0.2, 0) is 6.18 Å². The van der Waals surface area contributed by atoms with E-state index >= 15 is 0 Å². The van der Waals surface area contributed by atoms with E-state index in [1.807, 2.05) is 6.92 Å². The second-order valence-electron chi connectivity index (χ2n) is 6.54. The van der Waals surface area contributed by atoms with E-state index in [1.165, 1.54) is 23.5 Å². The zero-order valence-electron chi connectivity index (χ0n) is 15.9. The molecule has 4 rings (SSSR count). The first kappa shape index (κ1) is 21.1. The summed E-state index contributed by atoms with van der Waals surface area (Å²) in [7, 11) is 0. The van der Waals surface area contributed by atoms with E-state index in [9.17, 15) is 18.0 Å². The van der Waals surface area contributed by atoms with Crippen LogP contribution in [0.1, 0.15) is 20.9 Å². The van der Waals surface area contributed by atoms with Gasteiger partial charge in [0.2, 0.25) is 0 Å². The molecule has 0 bridgehead atoms. The van der Waals surface area contributed by atoms with Crippen molar-refractivity contribution in [3.05, 3.63) is 82.0 Å². The van der Waals surface area contributed by atoms with Gasteiger partial charge in [-0.1, -0.05) is 41.9 Å². The van der Waals surface area contributed by atoms with Gasteiger partial charge in [0.1, 0.15) is 0 Å². The summed E-state index contributed by atoms with van der Waals surface area (Å²) in [5, 5.41) is 7.03. The number of nitrogens with one attached hydrogen (secondary N) is 1. The molecular formula is C21H14ClF3N4OS. The molecule has 0 saturated heterocycles. The number of carbonyl (C=O) groups excluding carboxylic acids is 1. The number of rotatable bonds is 4. The van der Waals surface area contributed by atoms with Gasteiger partial charge in [0, 0.05) is 15.5 Å². The van der Waals surface area contributed by atoms with Crippen LogP contribution in [0.2, 0.25) is 5.02 Å². The first-order valence-electron chi connectivity index (χ1n) is 8.99. The molecule has 0 aliphatic rings. The molecule has 10 heteroatoms. The first-order valence-corrected chi connectivity index (χ1v) is 10.2. The number of amides is 1. The van der Waals surface area contributed by atoms with Crippen molar-refractivity contribution >= 4 is 34.0 Å². The molecule has 1 N–H and O–H groups in total. The monoisotopic (exact) mass is 462 g/mol. The second-order valence-corrected chi connectivity index (χ2v) is 8.18. The van der Waals surface area contributed by atoms with Gasteiger partial charge in [-0.3, -0.25) is 10.1 Å². The van der Waals surface area contributed by atoms with Crippen LogP contribution in [0, 0.1) is 6.92 Å². The van der Waals surface area contributed by atoms with E-state index in [0.717, 1.165) is 16.6 Å². The third kappa shape index (κ3) is 4.33. The molecule has 2 aromatic carbocycles. The lowest BCUT2D eigenvalue weighted by Crippen LogP contribution is -2.20. The summed E-state index contributed by atoms with van der Waals surface area (Å²) in [6.45, 7) is 1.81. The highest BCUT2D eigenvalue weighted by Gasteiger charge is 2.40. The lowest BCUT2D eigenvalue weighted by molar-refractivity contribution is -0.143. The summed E-state index contributed by atoms with van der Waals surface area (Å²) in [5.74, 6) is -0.939. The summed E-state index contributed by atoms with van der Waals surface area (Å²) < 4.78 is 42.1. The lowest BCUT2D eigenvalue weighted by atomic mass is 10.1. The van der Waals surface area contributed by atoms with Crippen LogP contribution in [0.25, 0.3) is 16.9 Å². The molecule has 0 aliphatic heterocycles. The average Bonchev–Trinajstić information content (AvgIpc) is 3.33. The van der Waals surface area contributed by atoms with Crippen LogP contribution in [0.5, 0.6) is 0 Å². The Bertz CT molecular complexity index is 1230. The van der Waals surface area contributed by atoms with E-state index in [1.54, 1.807) is 42.5 Å². The quantitative estimate of drug-likeness (QED) is 0.391. The highest BCUT2D eigenvalue weighted by molar-refractivity contribution is 7.16. The Hall–Kier alpha value is -3.17. The smallest absolute Gasteiger partial charge is 0.298 e. The molecule has 0 saturated carbocycles. The van der Waals surface area contributed by atoms with Crippen molar-refractivity contribution in [1.82, 2.24) is 14.8 Å². The molecule has 2 aromatic heterocycles. The van der Waals surface area contributed by atoms with Crippen molar-refractivity contribution in [2.45, 2.75) is 13.1 Å². The van der Waals surface area contributed by atoms with E-state index in [0.29, 0.717) is 15.4 Å². The second kappa shape index (κ2) is 8.16. The normalized spacial score (nSPS) is 11.5. The van der Waals surface area contributed by atoms with E-state index in [2.05, 4.69) is 15.4 Å². The number of aromatic nitrogens is 3. The molecular weight excluding hydrogens is 449 g/mol. The van der Waals surface area contributed by atoms with Crippen LogP contribution in [0.4, 0.5) is 18.3 Å². The largest absolute Gasteiger partial charge is 0.434 e. The maximum atomic E-state index is 13.8. The number of hydrogen-bond donors (Lipinski definition) is 1. The van der Waals surface area contributed by atoms with Gasteiger partial charge in [-0.25, -0.2) is 9.67 Å². The fraction of sp³-hybridized carbons (Fsp3) is 0.0952. The van der Waals surface area contributed by atoms with Gasteiger partial charge < -0.3 is 0 Å². The minimum atomic E-state index is -4.79. The van der Waals surface area contributed by atoms with Crippen molar-refractivity contribution < 1.29 is 18.0 Å². The van der Waals surface area contributed by atoms with E-state index in [-0.39, 0.29) is 10.8 Å². The van der Waals surface area contributed by atoms with Gasteiger partial charge in [-0.05, 0) is 31.2 Å². The molecule has 31 heavy (non-hydrogen) atoms.